The number of hydrogen-bond acceptors (Lipinski definition) is 4. The zero-order valence-electron chi connectivity index (χ0n) is 19.1. The van der Waals surface area contributed by atoms with Gasteiger partial charge < -0.3 is 19.9 Å². The third-order valence-electron chi connectivity index (χ3n) is 6.23. The van der Waals surface area contributed by atoms with Crippen LogP contribution in [0.2, 0.25) is 0 Å². The number of fused-ring (bicyclic) bond motifs is 1. The molecule has 34 heavy (non-hydrogen) atoms. The molecule has 1 aliphatic heterocycles. The lowest BCUT2D eigenvalue weighted by Gasteiger charge is -2.33. The van der Waals surface area contributed by atoms with E-state index in [4.69, 9.17) is 9.47 Å². The van der Waals surface area contributed by atoms with E-state index in [0.29, 0.717) is 42.8 Å². The van der Waals surface area contributed by atoms with Crippen molar-refractivity contribution in [3.05, 3.63) is 94.0 Å². The first-order valence-electron chi connectivity index (χ1n) is 11.2. The predicted molar refractivity (Wildman–Crippen MR) is 125 cm³/mol. The molecule has 1 unspecified atom stereocenters. The summed E-state index contributed by atoms with van der Waals surface area (Å²) in [5.74, 6) is -1.79. The van der Waals surface area contributed by atoms with Gasteiger partial charge in [-0.3, -0.25) is 0 Å². The Morgan fingerprint density at radius 2 is 1.94 bits per heavy atom. The summed E-state index contributed by atoms with van der Waals surface area (Å²) in [6.45, 7) is 2.77. The summed E-state index contributed by atoms with van der Waals surface area (Å²) < 4.78 is 40.1. The van der Waals surface area contributed by atoms with E-state index in [0.717, 1.165) is 11.1 Å². The molecule has 2 atom stereocenters. The summed E-state index contributed by atoms with van der Waals surface area (Å²) >= 11 is 0. The number of aryl methyl sites for hydroxylation is 1. The van der Waals surface area contributed by atoms with Gasteiger partial charge in [-0.15, -0.1) is 0 Å². The molecule has 0 saturated carbocycles. The van der Waals surface area contributed by atoms with E-state index in [9.17, 15) is 14.3 Å². The van der Waals surface area contributed by atoms with E-state index in [1.807, 2.05) is 24.3 Å². The molecule has 4 rings (SSSR count). The molecular weight excluding hydrogens is 440 g/mol. The first-order chi connectivity index (χ1) is 16.4. The van der Waals surface area contributed by atoms with E-state index in [1.165, 1.54) is 13.2 Å². The summed E-state index contributed by atoms with van der Waals surface area (Å²) in [5.41, 5.74) is 2.26. The minimum absolute atomic E-state index is 0.216. The number of carbonyl (C=O) groups is 1. The fraction of sp³-hybridized carbons (Fsp3) is 0.296. The van der Waals surface area contributed by atoms with Crippen molar-refractivity contribution in [1.29, 1.82) is 0 Å². The van der Waals surface area contributed by atoms with Crippen LogP contribution in [0.25, 0.3) is 0 Å². The molecule has 5 nitrogen and oxygen atoms in total. The third kappa shape index (κ3) is 4.89. The van der Waals surface area contributed by atoms with Gasteiger partial charge in [0.05, 0.1) is 12.7 Å². The van der Waals surface area contributed by atoms with Gasteiger partial charge in [0, 0.05) is 18.0 Å². The molecule has 3 aromatic rings. The average Bonchev–Trinajstić information content (AvgIpc) is 2.82. The molecule has 1 heterocycles. The molecule has 1 aliphatic rings. The Labute approximate surface area is 197 Å². The van der Waals surface area contributed by atoms with Crippen LogP contribution in [-0.4, -0.2) is 37.4 Å². The zero-order valence-corrected chi connectivity index (χ0v) is 19.1. The summed E-state index contributed by atoms with van der Waals surface area (Å²) in [6, 6.07) is 15.6. The topological polar surface area (TPSA) is 67.8 Å². The highest BCUT2D eigenvalue weighted by molar-refractivity contribution is 5.90. The molecule has 3 aromatic carbocycles. The summed E-state index contributed by atoms with van der Waals surface area (Å²) in [6.07, 6.45) is 0.961. The van der Waals surface area contributed by atoms with Gasteiger partial charge in [0.15, 0.2) is 11.6 Å². The molecule has 0 bridgehead atoms. The molecule has 0 amide bonds. The van der Waals surface area contributed by atoms with E-state index >= 15 is 4.39 Å². The van der Waals surface area contributed by atoms with Crippen molar-refractivity contribution in [3.8, 4) is 11.5 Å². The van der Waals surface area contributed by atoms with Gasteiger partial charge in [0.25, 0.3) is 0 Å². The second-order valence-electron chi connectivity index (χ2n) is 8.45. The van der Waals surface area contributed by atoms with Crippen LogP contribution in [-0.2, 0) is 6.42 Å². The van der Waals surface area contributed by atoms with Gasteiger partial charge >= 0.3 is 5.97 Å². The largest absolute Gasteiger partial charge is 0.494 e. The number of ether oxygens (including phenoxy) is 2. The van der Waals surface area contributed by atoms with Crippen molar-refractivity contribution in [2.75, 3.05) is 20.2 Å². The maximum absolute atomic E-state index is 15.3. The van der Waals surface area contributed by atoms with Gasteiger partial charge in [-0.05, 0) is 61.2 Å². The van der Waals surface area contributed by atoms with Crippen molar-refractivity contribution in [2.24, 2.45) is 0 Å². The normalized spacial score (nSPS) is 17.1. The van der Waals surface area contributed by atoms with Gasteiger partial charge in [-0.25, -0.2) is 13.6 Å². The number of methoxy groups -OCH3 is 1. The fourth-order valence-corrected chi connectivity index (χ4v) is 4.49. The van der Waals surface area contributed by atoms with Gasteiger partial charge in [-0.1, -0.05) is 36.4 Å². The maximum Gasteiger partial charge on any atom is 0.338 e. The van der Waals surface area contributed by atoms with Gasteiger partial charge in [0.1, 0.15) is 17.7 Å². The summed E-state index contributed by atoms with van der Waals surface area (Å²) in [7, 11) is 1.44. The smallest absolute Gasteiger partial charge is 0.338 e. The molecule has 0 radical (unpaired) electrons. The SMILES string of the molecule is COc1cc(CCNC[C@H]2CC(c3ccc(C)c(C(=O)O)c3F)c3ccccc3O2)ccc1F. The average molecular weight is 468 g/mol. The Kier molecular flexibility index (Phi) is 7.12. The van der Waals surface area contributed by atoms with E-state index in [1.54, 1.807) is 31.2 Å². The van der Waals surface area contributed by atoms with Crippen LogP contribution in [0.15, 0.2) is 54.6 Å². The highest BCUT2D eigenvalue weighted by atomic mass is 19.1. The van der Waals surface area contributed by atoms with Crippen LogP contribution in [0.3, 0.4) is 0 Å². The Bertz CT molecular complexity index is 1200. The number of rotatable bonds is 8. The molecule has 178 valence electrons. The fourth-order valence-electron chi connectivity index (χ4n) is 4.49. The van der Waals surface area contributed by atoms with E-state index in [2.05, 4.69) is 5.32 Å². The Hall–Kier alpha value is -3.45. The van der Waals surface area contributed by atoms with Crippen LogP contribution in [0.1, 0.15) is 45.0 Å². The van der Waals surface area contributed by atoms with Crippen molar-refractivity contribution in [1.82, 2.24) is 5.32 Å². The first kappa shape index (κ1) is 23.7. The number of benzene rings is 3. The number of halogens is 2. The molecule has 2 N–H and O–H groups in total. The Morgan fingerprint density at radius 3 is 2.71 bits per heavy atom. The zero-order chi connectivity index (χ0) is 24.2. The highest BCUT2D eigenvalue weighted by Gasteiger charge is 2.32. The Balaban J connectivity index is 1.48. The molecule has 0 spiro atoms. The van der Waals surface area contributed by atoms with Crippen LogP contribution >= 0.6 is 0 Å². The van der Waals surface area contributed by atoms with Crippen molar-refractivity contribution < 1.29 is 28.2 Å². The number of carboxylic acid groups (broad SMARTS) is 1. The molecular formula is C27H27F2NO4. The number of aromatic carboxylic acids is 1. The van der Waals surface area contributed by atoms with Crippen molar-refractivity contribution in [3.63, 3.8) is 0 Å². The minimum atomic E-state index is -1.27. The lowest BCUT2D eigenvalue weighted by atomic mass is 9.82. The molecule has 0 aliphatic carbocycles. The molecule has 0 saturated heterocycles. The van der Waals surface area contributed by atoms with E-state index < -0.39 is 17.6 Å². The molecule has 0 aromatic heterocycles. The summed E-state index contributed by atoms with van der Waals surface area (Å²) in [4.78, 5) is 11.6. The molecule has 0 fully saturated rings. The van der Waals surface area contributed by atoms with Gasteiger partial charge in [0.2, 0.25) is 0 Å². The second kappa shape index (κ2) is 10.2. The van der Waals surface area contributed by atoms with Crippen LogP contribution < -0.4 is 14.8 Å². The lowest BCUT2D eigenvalue weighted by Crippen LogP contribution is -2.36. The maximum atomic E-state index is 15.3. The second-order valence-corrected chi connectivity index (χ2v) is 8.45. The van der Waals surface area contributed by atoms with Crippen LogP contribution in [0.5, 0.6) is 11.5 Å². The lowest BCUT2D eigenvalue weighted by molar-refractivity contribution is 0.0690. The molecule has 7 heteroatoms. The highest BCUT2D eigenvalue weighted by Crippen LogP contribution is 2.41. The first-order valence-corrected chi connectivity index (χ1v) is 11.2. The Morgan fingerprint density at radius 1 is 1.15 bits per heavy atom. The van der Waals surface area contributed by atoms with Crippen molar-refractivity contribution in [2.45, 2.75) is 31.8 Å². The third-order valence-corrected chi connectivity index (χ3v) is 6.23. The number of hydrogen-bond donors (Lipinski definition) is 2. The number of nitrogens with one attached hydrogen (secondary N) is 1. The minimum Gasteiger partial charge on any atom is -0.494 e. The number of para-hydroxylation sites is 1. The quantitative estimate of drug-likeness (QED) is 0.452. The monoisotopic (exact) mass is 467 g/mol. The predicted octanol–water partition coefficient (Wildman–Crippen LogP) is 5.10. The van der Waals surface area contributed by atoms with Crippen molar-refractivity contribution >= 4 is 5.97 Å². The number of carboxylic acids is 1. The summed E-state index contributed by atoms with van der Waals surface area (Å²) in [5, 5.41) is 12.9. The van der Waals surface area contributed by atoms with E-state index in [-0.39, 0.29) is 23.3 Å². The van der Waals surface area contributed by atoms with Crippen LogP contribution in [0, 0.1) is 18.6 Å². The van der Waals surface area contributed by atoms with Gasteiger partial charge in [-0.2, -0.15) is 0 Å². The standard InChI is InChI=1S/C27H27F2NO4/c1-16-7-9-20(26(29)25(16)27(31)32)21-14-18(34-23-6-4-3-5-19(21)23)15-30-12-11-17-8-10-22(28)24(13-17)33-2/h3-10,13,18,21,30H,11-12,14-15H2,1-2H3,(H,31,32)/t18-,21?/m1/s1. The van der Waals surface area contributed by atoms with Crippen LogP contribution in [0.4, 0.5) is 8.78 Å².